The van der Waals surface area contributed by atoms with Gasteiger partial charge in [0.15, 0.2) is 11.6 Å². The van der Waals surface area contributed by atoms with E-state index >= 15 is 0 Å². The molecule has 0 N–H and O–H groups in total. The van der Waals surface area contributed by atoms with Gasteiger partial charge >= 0.3 is 0 Å². The second-order valence-electron chi connectivity index (χ2n) is 4.14. The highest BCUT2D eigenvalue weighted by Gasteiger charge is 2.09. The Morgan fingerprint density at radius 2 is 1.83 bits per heavy atom. The van der Waals surface area contributed by atoms with Gasteiger partial charge in [-0.15, -0.1) is 11.6 Å². The fourth-order valence-corrected chi connectivity index (χ4v) is 1.87. The largest absolute Gasteiger partial charge is 0.485 e. The topological polar surface area (TPSA) is 9.23 Å². The SMILES string of the molecule is Cc1ccc(COc2c(F)cccc2CCl)cc1. The second-order valence-corrected chi connectivity index (χ2v) is 4.40. The average Bonchev–Trinajstić information content (AvgIpc) is 2.39. The van der Waals surface area contributed by atoms with E-state index in [0.717, 1.165) is 5.56 Å². The highest BCUT2D eigenvalue weighted by molar-refractivity contribution is 6.17. The highest BCUT2D eigenvalue weighted by Crippen LogP contribution is 2.25. The maximum atomic E-state index is 13.6. The van der Waals surface area contributed by atoms with E-state index in [4.69, 9.17) is 16.3 Å². The van der Waals surface area contributed by atoms with E-state index in [9.17, 15) is 4.39 Å². The molecule has 0 aromatic heterocycles. The van der Waals surface area contributed by atoms with Gasteiger partial charge in [0.2, 0.25) is 0 Å². The molecule has 2 aromatic rings. The zero-order chi connectivity index (χ0) is 13.0. The first kappa shape index (κ1) is 12.9. The van der Waals surface area contributed by atoms with Crippen molar-refractivity contribution >= 4 is 11.6 Å². The molecule has 2 aromatic carbocycles. The summed E-state index contributed by atoms with van der Waals surface area (Å²) in [5, 5.41) is 0. The van der Waals surface area contributed by atoms with Gasteiger partial charge in [0.1, 0.15) is 6.61 Å². The molecule has 0 radical (unpaired) electrons. The monoisotopic (exact) mass is 264 g/mol. The van der Waals surface area contributed by atoms with E-state index in [1.807, 2.05) is 31.2 Å². The molecule has 0 aliphatic rings. The van der Waals surface area contributed by atoms with Crippen LogP contribution in [0, 0.1) is 12.7 Å². The summed E-state index contributed by atoms with van der Waals surface area (Å²) in [6.45, 7) is 2.36. The molecule has 0 spiro atoms. The molecule has 18 heavy (non-hydrogen) atoms. The summed E-state index contributed by atoms with van der Waals surface area (Å²) in [6, 6.07) is 12.7. The first-order valence-electron chi connectivity index (χ1n) is 5.72. The van der Waals surface area contributed by atoms with Gasteiger partial charge in [-0.05, 0) is 18.6 Å². The number of benzene rings is 2. The van der Waals surface area contributed by atoms with Crippen molar-refractivity contribution in [2.75, 3.05) is 0 Å². The average molecular weight is 265 g/mol. The van der Waals surface area contributed by atoms with Crippen molar-refractivity contribution in [1.29, 1.82) is 0 Å². The van der Waals surface area contributed by atoms with Gasteiger partial charge in [-0.3, -0.25) is 0 Å². The first-order valence-corrected chi connectivity index (χ1v) is 6.26. The van der Waals surface area contributed by atoms with Crippen LogP contribution in [0.3, 0.4) is 0 Å². The van der Waals surface area contributed by atoms with Gasteiger partial charge in [-0.2, -0.15) is 0 Å². The highest BCUT2D eigenvalue weighted by atomic mass is 35.5. The third kappa shape index (κ3) is 3.02. The van der Waals surface area contributed by atoms with Crippen LogP contribution in [0.1, 0.15) is 16.7 Å². The van der Waals surface area contributed by atoms with Crippen LogP contribution >= 0.6 is 11.6 Å². The number of alkyl halides is 1. The lowest BCUT2D eigenvalue weighted by atomic mass is 10.1. The molecule has 1 nitrogen and oxygen atoms in total. The maximum Gasteiger partial charge on any atom is 0.165 e. The molecule has 0 aliphatic carbocycles. The summed E-state index contributed by atoms with van der Waals surface area (Å²) in [5.41, 5.74) is 2.86. The minimum Gasteiger partial charge on any atom is -0.485 e. The molecule has 0 atom stereocenters. The number of rotatable bonds is 4. The summed E-state index contributed by atoms with van der Waals surface area (Å²) in [4.78, 5) is 0. The van der Waals surface area contributed by atoms with Gasteiger partial charge in [-0.25, -0.2) is 4.39 Å². The van der Waals surface area contributed by atoms with E-state index in [1.165, 1.54) is 11.6 Å². The molecule has 0 saturated carbocycles. The summed E-state index contributed by atoms with van der Waals surface area (Å²) < 4.78 is 19.1. The fourth-order valence-electron chi connectivity index (χ4n) is 1.66. The van der Waals surface area contributed by atoms with Crippen LogP contribution in [-0.4, -0.2) is 0 Å². The molecule has 0 amide bonds. The van der Waals surface area contributed by atoms with Crippen LogP contribution in [0.5, 0.6) is 5.75 Å². The second kappa shape index (κ2) is 5.87. The Morgan fingerprint density at radius 1 is 1.11 bits per heavy atom. The molecular weight excluding hydrogens is 251 g/mol. The van der Waals surface area contributed by atoms with Crippen molar-refractivity contribution in [2.24, 2.45) is 0 Å². The smallest absolute Gasteiger partial charge is 0.165 e. The summed E-state index contributed by atoms with van der Waals surface area (Å²) in [5.74, 6) is 0.106. The summed E-state index contributed by atoms with van der Waals surface area (Å²) in [7, 11) is 0. The predicted molar refractivity (Wildman–Crippen MR) is 71.5 cm³/mol. The van der Waals surface area contributed by atoms with E-state index in [0.29, 0.717) is 12.2 Å². The van der Waals surface area contributed by atoms with E-state index < -0.39 is 0 Å². The molecule has 0 unspecified atom stereocenters. The number of aryl methyl sites for hydroxylation is 1. The lowest BCUT2D eigenvalue weighted by Gasteiger charge is -2.11. The van der Waals surface area contributed by atoms with E-state index in [1.54, 1.807) is 12.1 Å². The minimum atomic E-state index is -0.375. The lowest BCUT2D eigenvalue weighted by Crippen LogP contribution is -2.00. The molecule has 0 heterocycles. The van der Waals surface area contributed by atoms with Crippen molar-refractivity contribution in [3.05, 3.63) is 65.0 Å². The Morgan fingerprint density at radius 3 is 2.50 bits per heavy atom. The molecule has 0 fully saturated rings. The Balaban J connectivity index is 2.12. The zero-order valence-corrected chi connectivity index (χ0v) is 10.9. The summed E-state index contributed by atoms with van der Waals surface area (Å²) in [6.07, 6.45) is 0. The van der Waals surface area contributed by atoms with Gasteiger partial charge < -0.3 is 4.74 Å². The van der Waals surface area contributed by atoms with Crippen LogP contribution in [0.15, 0.2) is 42.5 Å². The maximum absolute atomic E-state index is 13.6. The number of halogens is 2. The third-order valence-corrected chi connectivity index (χ3v) is 2.98. The molecule has 94 valence electrons. The van der Waals surface area contributed by atoms with Crippen molar-refractivity contribution < 1.29 is 9.13 Å². The fraction of sp³-hybridized carbons (Fsp3) is 0.200. The first-order chi connectivity index (χ1) is 8.70. The Kier molecular flexibility index (Phi) is 4.21. The molecule has 0 bridgehead atoms. The van der Waals surface area contributed by atoms with Crippen LogP contribution < -0.4 is 4.74 Å². The molecule has 3 heteroatoms. The van der Waals surface area contributed by atoms with Gasteiger partial charge in [0.25, 0.3) is 0 Å². The van der Waals surface area contributed by atoms with Crippen molar-refractivity contribution in [1.82, 2.24) is 0 Å². The molecular formula is C15H14ClFO. The van der Waals surface area contributed by atoms with E-state index in [-0.39, 0.29) is 17.4 Å². The van der Waals surface area contributed by atoms with E-state index in [2.05, 4.69) is 0 Å². The van der Waals surface area contributed by atoms with Gasteiger partial charge in [0.05, 0.1) is 5.88 Å². The van der Waals surface area contributed by atoms with Crippen LogP contribution in [0.2, 0.25) is 0 Å². The summed E-state index contributed by atoms with van der Waals surface area (Å²) >= 11 is 5.76. The van der Waals surface area contributed by atoms with Gasteiger partial charge in [0, 0.05) is 5.56 Å². The van der Waals surface area contributed by atoms with Crippen LogP contribution in [0.25, 0.3) is 0 Å². The predicted octanol–water partition coefficient (Wildman–Crippen LogP) is 4.45. The number of hydrogen-bond acceptors (Lipinski definition) is 1. The molecule has 2 rings (SSSR count). The Labute approximate surface area is 111 Å². The Bertz CT molecular complexity index is 523. The number of hydrogen-bond donors (Lipinski definition) is 0. The van der Waals surface area contributed by atoms with Crippen molar-refractivity contribution in [3.8, 4) is 5.75 Å². The van der Waals surface area contributed by atoms with Crippen molar-refractivity contribution in [2.45, 2.75) is 19.4 Å². The van der Waals surface area contributed by atoms with Crippen LogP contribution in [-0.2, 0) is 12.5 Å². The van der Waals surface area contributed by atoms with Gasteiger partial charge in [-0.1, -0.05) is 42.0 Å². The normalized spacial score (nSPS) is 10.4. The zero-order valence-electron chi connectivity index (χ0n) is 10.1. The number of para-hydroxylation sites is 1. The Hall–Kier alpha value is -1.54. The lowest BCUT2D eigenvalue weighted by molar-refractivity contribution is 0.288. The quantitative estimate of drug-likeness (QED) is 0.741. The molecule has 0 saturated heterocycles. The number of ether oxygens (including phenoxy) is 1. The molecule has 0 aliphatic heterocycles. The van der Waals surface area contributed by atoms with Crippen LogP contribution in [0.4, 0.5) is 4.39 Å². The third-order valence-electron chi connectivity index (χ3n) is 2.70. The minimum absolute atomic E-state index is 0.237. The van der Waals surface area contributed by atoms with Crippen molar-refractivity contribution in [3.63, 3.8) is 0 Å². The standard InChI is InChI=1S/C15H14ClFO/c1-11-5-7-12(8-6-11)10-18-15-13(9-16)3-2-4-14(15)17/h2-8H,9-10H2,1H3.